The predicted octanol–water partition coefficient (Wildman–Crippen LogP) is 14.8. The summed E-state index contributed by atoms with van der Waals surface area (Å²) in [6.45, 7) is 1.34. The average Bonchev–Trinajstić information content (AvgIpc) is 1.08. The molecule has 10 aliphatic carbocycles. The molecule has 0 saturated heterocycles. The van der Waals surface area contributed by atoms with Gasteiger partial charge in [0.05, 0.1) is 13.2 Å². The van der Waals surface area contributed by atoms with Crippen molar-refractivity contribution < 1.29 is 78.9 Å². The molecule has 0 aromatic heterocycles. The summed E-state index contributed by atoms with van der Waals surface area (Å²) in [5.41, 5.74) is 2.17. The van der Waals surface area contributed by atoms with E-state index >= 15 is 0 Å². The molecule has 95 heavy (non-hydrogen) atoms. The third-order valence-electron chi connectivity index (χ3n) is 22.2. The van der Waals surface area contributed by atoms with Crippen molar-refractivity contribution in [1.82, 2.24) is 0 Å². The second-order valence-electron chi connectivity index (χ2n) is 28.8. The Balaban J connectivity index is 0.852. The number of ether oxygens (including phenoxy) is 6. The number of hydrogen-bond acceptors (Lipinski definition) is 16. The Morgan fingerprint density at radius 3 is 1.17 bits per heavy atom. The second kappa shape index (κ2) is 26.4. The van der Waals surface area contributed by atoms with Gasteiger partial charge < -0.3 is 69.3 Å². The maximum atomic E-state index is 13.6. The number of hydrogen-bond donors (Lipinski definition) is 8. The number of fused-ring (bicyclic) bond motifs is 8. The minimum absolute atomic E-state index is 0.102. The fraction of sp³-hybridized carbons (Fsp3) is 0.418. The molecule has 496 valence electrons. The third-order valence-corrected chi connectivity index (χ3v) is 22.2. The molecule has 8 saturated carbocycles. The van der Waals surface area contributed by atoms with E-state index < -0.39 is 77.7 Å². The van der Waals surface area contributed by atoms with Gasteiger partial charge in [-0.1, -0.05) is 85.0 Å². The molecule has 0 heterocycles. The molecule has 0 aliphatic heterocycles. The van der Waals surface area contributed by atoms with Crippen molar-refractivity contribution in [3.8, 4) is 57.5 Å². The number of esters is 2. The van der Waals surface area contributed by atoms with E-state index in [9.17, 15) is 50.4 Å². The fourth-order valence-corrected chi connectivity index (χ4v) is 19.2. The monoisotopic (exact) mass is 1290 g/mol. The summed E-state index contributed by atoms with van der Waals surface area (Å²) in [6.07, 6.45) is 29.4. The maximum absolute atomic E-state index is 13.6. The highest BCUT2D eigenvalue weighted by atomic mass is 16.7. The molecule has 0 radical (unpaired) electrons. The Kier molecular flexibility index (Phi) is 17.6. The van der Waals surface area contributed by atoms with Crippen LogP contribution in [0.4, 0.5) is 0 Å². The summed E-state index contributed by atoms with van der Waals surface area (Å²) < 4.78 is 36.2. The number of aromatic hydroxyl groups is 8. The first-order valence-electron chi connectivity index (χ1n) is 33.8. The molecule has 0 amide bonds. The van der Waals surface area contributed by atoms with E-state index in [2.05, 4.69) is 0 Å². The van der Waals surface area contributed by atoms with E-state index in [1.54, 1.807) is 78.9 Å². The normalized spacial score (nSPS) is 27.6. The van der Waals surface area contributed by atoms with Crippen LogP contribution in [-0.2, 0) is 28.5 Å². The van der Waals surface area contributed by atoms with Gasteiger partial charge in [-0.05, 0) is 173 Å². The van der Waals surface area contributed by atoms with Crippen molar-refractivity contribution >= 4 is 11.9 Å². The highest BCUT2D eigenvalue weighted by molar-refractivity contribution is 5.72. The van der Waals surface area contributed by atoms with Crippen molar-refractivity contribution in [1.29, 1.82) is 0 Å². The zero-order valence-electron chi connectivity index (χ0n) is 53.5. The van der Waals surface area contributed by atoms with Gasteiger partial charge in [-0.2, -0.15) is 0 Å². The first kappa shape index (κ1) is 63.5. The van der Waals surface area contributed by atoms with Gasteiger partial charge in [-0.15, -0.1) is 0 Å². The average molecular weight is 1290 g/mol. The zero-order chi connectivity index (χ0) is 65.7. The SMILES string of the molecule is C/C=C\C=C/CC1c2cc(c(O)cc2O)C(c2ccccc2OCC(=O)OCOCC23CC4CC(CC(C4)C2)C3)c2cc(c(O)cc2O)C(C2C=CC=C2)c2cc(c(O)cc2O)C(c2ccccc2OCC(=O)OCOCC23CC4CC(CC(C4)C2)C3)c2cc1c(O)cc2O. The summed E-state index contributed by atoms with van der Waals surface area (Å²) in [6, 6.07) is 24.7. The van der Waals surface area contributed by atoms with Crippen LogP contribution in [-0.4, -0.2) is 92.8 Å². The smallest absolute Gasteiger partial charge is 0.346 e. The molecule has 2 unspecified atom stereocenters. The number of phenolic OH excluding ortho intramolecular Hbond substituents is 8. The Bertz CT molecular complexity index is 3710. The molecule has 10 aliphatic rings. The molecule has 16 rings (SSSR count). The number of benzene rings is 6. The fourth-order valence-electron chi connectivity index (χ4n) is 19.2. The first-order chi connectivity index (χ1) is 46.0. The largest absolute Gasteiger partial charge is 0.508 e. The lowest BCUT2D eigenvalue weighted by molar-refractivity contribution is -0.168. The van der Waals surface area contributed by atoms with Gasteiger partial charge in [0.25, 0.3) is 0 Å². The molecule has 6 aromatic rings. The molecule has 8 N–H and O–H groups in total. The minimum Gasteiger partial charge on any atom is -0.508 e. The van der Waals surface area contributed by atoms with Crippen LogP contribution < -0.4 is 9.47 Å². The molecule has 16 heteroatoms. The summed E-state index contributed by atoms with van der Waals surface area (Å²) in [4.78, 5) is 27.3. The summed E-state index contributed by atoms with van der Waals surface area (Å²) >= 11 is 0. The molecule has 16 bridgehead atoms. The number of phenols is 8. The van der Waals surface area contributed by atoms with E-state index in [1.165, 1.54) is 62.8 Å². The van der Waals surface area contributed by atoms with E-state index in [0.29, 0.717) is 24.3 Å². The van der Waals surface area contributed by atoms with Crippen LogP contribution in [0.5, 0.6) is 57.5 Å². The summed E-state index contributed by atoms with van der Waals surface area (Å²) in [5.74, 6) is -4.83. The van der Waals surface area contributed by atoms with E-state index in [0.717, 1.165) is 74.0 Å². The minimum atomic E-state index is -1.22. The maximum Gasteiger partial charge on any atom is 0.346 e. The first-order valence-corrected chi connectivity index (χ1v) is 33.8. The van der Waals surface area contributed by atoms with E-state index in [-0.39, 0.29) is 110 Å². The molecule has 2 atom stereocenters. The van der Waals surface area contributed by atoms with Crippen LogP contribution in [0.1, 0.15) is 170 Å². The highest BCUT2D eigenvalue weighted by Crippen LogP contribution is 2.62. The van der Waals surface area contributed by atoms with E-state index in [1.807, 2.05) is 49.5 Å². The van der Waals surface area contributed by atoms with Crippen LogP contribution in [0.3, 0.4) is 0 Å². The predicted molar refractivity (Wildman–Crippen MR) is 354 cm³/mol. The quantitative estimate of drug-likeness (QED) is 0.0153. The van der Waals surface area contributed by atoms with Crippen molar-refractivity contribution in [2.24, 2.45) is 52.3 Å². The van der Waals surface area contributed by atoms with Crippen molar-refractivity contribution in [3.63, 3.8) is 0 Å². The van der Waals surface area contributed by atoms with Gasteiger partial charge in [0.15, 0.2) is 26.8 Å². The summed E-state index contributed by atoms with van der Waals surface area (Å²) in [5, 5.41) is 99.1. The van der Waals surface area contributed by atoms with Crippen molar-refractivity contribution in [2.45, 2.75) is 114 Å². The van der Waals surface area contributed by atoms with E-state index in [4.69, 9.17) is 28.4 Å². The van der Waals surface area contributed by atoms with Crippen LogP contribution in [0.2, 0.25) is 0 Å². The van der Waals surface area contributed by atoms with Gasteiger partial charge in [0, 0.05) is 109 Å². The second-order valence-corrected chi connectivity index (χ2v) is 28.8. The lowest BCUT2D eigenvalue weighted by Gasteiger charge is -2.56. The number of para-hydroxylation sites is 2. The number of carbonyl (C=O) groups excluding carboxylic acids is 2. The van der Waals surface area contributed by atoms with Crippen LogP contribution in [0.15, 0.2) is 146 Å². The molecule has 6 aromatic carbocycles. The summed E-state index contributed by atoms with van der Waals surface area (Å²) in [7, 11) is 0. The lowest BCUT2D eigenvalue weighted by Crippen LogP contribution is -2.48. The van der Waals surface area contributed by atoms with Crippen molar-refractivity contribution in [2.75, 3.05) is 40.0 Å². The number of rotatable bonds is 20. The molecule has 16 nitrogen and oxygen atoms in total. The van der Waals surface area contributed by atoms with Gasteiger partial charge >= 0.3 is 11.9 Å². The standard InChI is InChI=1S/C79H84O16/c1-2-3-4-5-14-52-55-25-59(67(84)29-63(55)80)76(53-15-8-10-17-71(53)92-39-73(88)94-43-90-41-78-33-45-19-46(34-78)21-47(20-45)35-78)61-27-57(65(82)31-69(61)86)75(51-12-6-7-13-51)58-28-62(70(87)32-66(58)83)77(60-26-56(52)64(81)30-68(60)85)54-16-9-11-18-72(54)93-40-74(89)95-44-91-42-79-36-48-22-49(37-79)24-50(23-48)38-79/h2-13,15-18,25-32,45-52,75-77,80-87H,14,19-24,33-44H2,1H3/b3-2-,5-4-. The Morgan fingerprint density at radius 1 is 0.442 bits per heavy atom. The Labute approximate surface area is 553 Å². The Morgan fingerprint density at radius 2 is 0.789 bits per heavy atom. The molecular formula is C79H84O16. The third kappa shape index (κ3) is 12.8. The molecule has 0 spiro atoms. The zero-order valence-corrected chi connectivity index (χ0v) is 53.5. The lowest BCUT2D eigenvalue weighted by atomic mass is 9.50. The van der Waals surface area contributed by atoms with Crippen molar-refractivity contribution in [3.05, 3.63) is 201 Å². The van der Waals surface area contributed by atoms with Crippen LogP contribution in [0.25, 0.3) is 0 Å². The van der Waals surface area contributed by atoms with Gasteiger partial charge in [0.2, 0.25) is 0 Å². The van der Waals surface area contributed by atoms with Gasteiger partial charge in [-0.3, -0.25) is 0 Å². The van der Waals surface area contributed by atoms with Crippen LogP contribution >= 0.6 is 0 Å². The van der Waals surface area contributed by atoms with Gasteiger partial charge in [0.1, 0.15) is 57.5 Å². The topological polar surface area (TPSA) is 251 Å². The molecule has 8 fully saturated rings. The number of carbonyl (C=O) groups is 2. The Hall–Kier alpha value is -8.86. The molecular weight excluding hydrogens is 1200 g/mol. The van der Waals surface area contributed by atoms with Gasteiger partial charge in [-0.25, -0.2) is 9.59 Å². The van der Waals surface area contributed by atoms with Crippen LogP contribution in [0, 0.1) is 52.3 Å². The highest BCUT2D eigenvalue weighted by Gasteiger charge is 2.52. The number of allylic oxidation sites excluding steroid dienone is 8.